The van der Waals surface area contributed by atoms with Crippen molar-refractivity contribution in [1.29, 1.82) is 0 Å². The number of hydrogen-bond donors (Lipinski definition) is 0. The first-order valence-electron chi connectivity index (χ1n) is 9.65. The number of nitrogens with zero attached hydrogens (tertiary/aromatic N) is 4. The highest BCUT2D eigenvalue weighted by molar-refractivity contribution is 4.88. The van der Waals surface area contributed by atoms with E-state index in [2.05, 4.69) is 89.3 Å². The van der Waals surface area contributed by atoms with Crippen LogP contribution in [0.4, 0.5) is 0 Å². The van der Waals surface area contributed by atoms with Gasteiger partial charge in [0, 0.05) is 49.3 Å². The molecule has 2 saturated heterocycles. The van der Waals surface area contributed by atoms with E-state index >= 15 is 0 Å². The highest BCUT2D eigenvalue weighted by Crippen LogP contribution is 2.23. The molecule has 0 N–H and O–H groups in total. The summed E-state index contributed by atoms with van der Waals surface area (Å²) in [6.07, 6.45) is 2.65. The lowest BCUT2D eigenvalue weighted by Gasteiger charge is -2.32. The Bertz CT molecular complexity index is 329. The van der Waals surface area contributed by atoms with Crippen molar-refractivity contribution < 1.29 is 0 Å². The summed E-state index contributed by atoms with van der Waals surface area (Å²) in [6.45, 7) is 18.8. The number of rotatable bonds is 2. The van der Waals surface area contributed by atoms with Crippen LogP contribution < -0.4 is 0 Å². The van der Waals surface area contributed by atoms with Crippen LogP contribution in [-0.2, 0) is 0 Å². The zero-order valence-corrected chi connectivity index (χ0v) is 18.2. The van der Waals surface area contributed by atoms with Crippen LogP contribution in [-0.4, -0.2) is 97.1 Å². The molecule has 2 atom stereocenters. The monoisotopic (exact) mass is 356 g/mol. The van der Waals surface area contributed by atoms with E-state index < -0.39 is 0 Å². The molecular weight excluding hydrogens is 308 g/mol. The van der Waals surface area contributed by atoms with Gasteiger partial charge in [-0.15, -0.1) is 0 Å². The van der Waals surface area contributed by atoms with Gasteiger partial charge in [0.25, 0.3) is 0 Å². The molecule has 25 heavy (non-hydrogen) atoms. The summed E-state index contributed by atoms with van der Waals surface area (Å²) >= 11 is 0. The maximum Gasteiger partial charge on any atom is 0.0229 e. The maximum atomic E-state index is 2.57. The Morgan fingerprint density at radius 1 is 0.640 bits per heavy atom. The molecule has 0 aromatic rings. The van der Waals surface area contributed by atoms with Gasteiger partial charge in [0.05, 0.1) is 0 Å². The molecule has 0 radical (unpaired) electrons. The zero-order valence-electron chi connectivity index (χ0n) is 18.2. The minimum Gasteiger partial charge on any atom is -0.305 e. The molecule has 2 heterocycles. The van der Waals surface area contributed by atoms with Crippen LogP contribution in [0.2, 0.25) is 0 Å². The molecule has 152 valence electrons. The summed E-state index contributed by atoms with van der Waals surface area (Å²) in [5.41, 5.74) is 0.704. The second kappa shape index (κ2) is 9.68. The fraction of sp³-hybridized carbons (Fsp3) is 1.00. The third-order valence-corrected chi connectivity index (χ3v) is 5.68. The van der Waals surface area contributed by atoms with E-state index in [1.807, 2.05) is 0 Å². The van der Waals surface area contributed by atoms with E-state index in [1.165, 1.54) is 39.0 Å². The predicted molar refractivity (Wildman–Crippen MR) is 114 cm³/mol. The summed E-state index contributed by atoms with van der Waals surface area (Å²) in [5, 5.41) is 0. The average Bonchev–Trinajstić information content (AvgIpc) is 3.08. The second-order valence-electron chi connectivity index (χ2n) is 10.0. The van der Waals surface area contributed by atoms with Crippen LogP contribution in [0.3, 0.4) is 0 Å². The molecule has 2 fully saturated rings. The molecule has 4 heteroatoms. The SMILES string of the molecule is C.CN(C)[C@@H]1CCN(C(C)(C)C)C1.CN(C)[C@H]1CCN(C(C)(C)C)C1. The highest BCUT2D eigenvalue weighted by Gasteiger charge is 2.31. The van der Waals surface area contributed by atoms with Gasteiger partial charge in [-0.05, 0) is 82.6 Å². The van der Waals surface area contributed by atoms with Crippen LogP contribution in [0.5, 0.6) is 0 Å². The summed E-state index contributed by atoms with van der Waals surface area (Å²) < 4.78 is 0. The van der Waals surface area contributed by atoms with E-state index in [9.17, 15) is 0 Å². The van der Waals surface area contributed by atoms with Gasteiger partial charge in [0.15, 0.2) is 0 Å². The van der Waals surface area contributed by atoms with Crippen LogP contribution in [0.25, 0.3) is 0 Å². The normalized spacial score (nSPS) is 25.9. The Balaban J connectivity index is 0.000000443. The Hall–Kier alpha value is -0.160. The van der Waals surface area contributed by atoms with E-state index in [0.717, 1.165) is 12.1 Å². The van der Waals surface area contributed by atoms with Crippen LogP contribution in [0.15, 0.2) is 0 Å². The van der Waals surface area contributed by atoms with Crippen LogP contribution in [0, 0.1) is 0 Å². The van der Waals surface area contributed by atoms with Gasteiger partial charge >= 0.3 is 0 Å². The first-order valence-corrected chi connectivity index (χ1v) is 9.65. The Morgan fingerprint density at radius 2 is 0.920 bits per heavy atom. The Labute approximate surface area is 159 Å². The van der Waals surface area contributed by atoms with E-state index in [-0.39, 0.29) is 7.43 Å². The first-order chi connectivity index (χ1) is 10.8. The fourth-order valence-corrected chi connectivity index (χ4v) is 3.55. The lowest BCUT2D eigenvalue weighted by atomic mass is 10.1. The molecule has 0 amide bonds. The van der Waals surface area contributed by atoms with Gasteiger partial charge in [-0.1, -0.05) is 7.43 Å². The molecule has 0 aliphatic carbocycles. The highest BCUT2D eigenvalue weighted by atomic mass is 15.3. The summed E-state index contributed by atoms with van der Waals surface area (Å²) in [5.74, 6) is 0. The van der Waals surface area contributed by atoms with Crippen molar-refractivity contribution in [2.24, 2.45) is 0 Å². The topological polar surface area (TPSA) is 13.0 Å². The van der Waals surface area contributed by atoms with Crippen molar-refractivity contribution in [2.75, 3.05) is 54.4 Å². The van der Waals surface area contributed by atoms with Crippen molar-refractivity contribution in [3.8, 4) is 0 Å². The lowest BCUT2D eigenvalue weighted by molar-refractivity contribution is 0.159. The van der Waals surface area contributed by atoms with Crippen molar-refractivity contribution >= 4 is 0 Å². The van der Waals surface area contributed by atoms with Crippen LogP contribution >= 0.6 is 0 Å². The predicted octanol–water partition coefficient (Wildman–Crippen LogP) is 3.48. The molecule has 4 nitrogen and oxygen atoms in total. The minimum atomic E-state index is 0. The molecule has 0 unspecified atom stereocenters. The standard InChI is InChI=1S/2C10H22N2.CH4/c2*1-10(2,3)12-7-6-9(8-12)11(4)5;/h2*9H,6-8H2,1-5H3;1H4/t2*9-;/m10./s1. The summed E-state index contributed by atoms with van der Waals surface area (Å²) in [6, 6.07) is 1.54. The van der Waals surface area contributed by atoms with Crippen molar-refractivity contribution in [2.45, 2.75) is 85.0 Å². The second-order valence-corrected chi connectivity index (χ2v) is 10.0. The zero-order chi connectivity index (χ0) is 18.7. The number of hydrogen-bond acceptors (Lipinski definition) is 4. The molecule has 2 aliphatic heterocycles. The van der Waals surface area contributed by atoms with Crippen LogP contribution in [0.1, 0.15) is 61.8 Å². The molecule has 0 spiro atoms. The molecule has 0 saturated carbocycles. The summed E-state index contributed by atoms with van der Waals surface area (Å²) in [7, 11) is 8.71. The Kier molecular flexibility index (Phi) is 9.62. The Morgan fingerprint density at radius 3 is 1.04 bits per heavy atom. The van der Waals surface area contributed by atoms with Crippen molar-refractivity contribution in [3.63, 3.8) is 0 Å². The number of likely N-dealkylation sites (tertiary alicyclic amines) is 2. The summed E-state index contributed by atoms with van der Waals surface area (Å²) in [4.78, 5) is 9.81. The van der Waals surface area contributed by atoms with Gasteiger partial charge < -0.3 is 9.80 Å². The average molecular weight is 357 g/mol. The van der Waals surface area contributed by atoms with Crippen molar-refractivity contribution in [1.82, 2.24) is 19.6 Å². The van der Waals surface area contributed by atoms with Gasteiger partial charge in [0.1, 0.15) is 0 Å². The molecule has 0 aromatic carbocycles. The molecule has 0 aromatic heterocycles. The fourth-order valence-electron chi connectivity index (χ4n) is 3.55. The molecular formula is C21H48N4. The maximum absolute atomic E-state index is 2.57. The third kappa shape index (κ3) is 7.94. The van der Waals surface area contributed by atoms with E-state index in [4.69, 9.17) is 0 Å². The molecule has 0 bridgehead atoms. The largest absolute Gasteiger partial charge is 0.305 e. The first kappa shape index (κ1) is 24.8. The van der Waals surface area contributed by atoms with Crippen molar-refractivity contribution in [3.05, 3.63) is 0 Å². The quantitative estimate of drug-likeness (QED) is 0.751. The van der Waals surface area contributed by atoms with E-state index in [1.54, 1.807) is 0 Å². The number of likely N-dealkylation sites (N-methyl/N-ethyl adjacent to an activating group) is 2. The minimum absolute atomic E-state index is 0. The van der Waals surface area contributed by atoms with E-state index in [0.29, 0.717) is 11.1 Å². The molecule has 2 aliphatic rings. The van der Waals surface area contributed by atoms with Gasteiger partial charge in [-0.3, -0.25) is 9.80 Å². The lowest BCUT2D eigenvalue weighted by Crippen LogP contribution is -2.41. The third-order valence-electron chi connectivity index (χ3n) is 5.68. The van der Waals surface area contributed by atoms with Gasteiger partial charge in [-0.2, -0.15) is 0 Å². The van der Waals surface area contributed by atoms with Gasteiger partial charge in [-0.25, -0.2) is 0 Å². The smallest absolute Gasteiger partial charge is 0.0229 e. The van der Waals surface area contributed by atoms with Gasteiger partial charge in [0.2, 0.25) is 0 Å². The molecule has 2 rings (SSSR count).